The second-order valence-corrected chi connectivity index (χ2v) is 5.37. The number of hydrogen-bond acceptors (Lipinski definition) is 3. The van der Waals surface area contributed by atoms with Gasteiger partial charge in [-0.3, -0.25) is 4.90 Å². The third kappa shape index (κ3) is 5.32. The summed E-state index contributed by atoms with van der Waals surface area (Å²) in [5.74, 6) is 0. The lowest BCUT2D eigenvalue weighted by atomic mass is 10.1. The third-order valence-electron chi connectivity index (χ3n) is 2.45. The van der Waals surface area contributed by atoms with E-state index < -0.39 is 0 Å². The summed E-state index contributed by atoms with van der Waals surface area (Å²) in [6.07, 6.45) is 0.650. The fraction of sp³-hybridized carbons (Fsp3) is 0.909. The second-order valence-electron chi connectivity index (χ2n) is 5.37. The van der Waals surface area contributed by atoms with Gasteiger partial charge >= 0.3 is 6.03 Å². The summed E-state index contributed by atoms with van der Waals surface area (Å²) in [5.41, 5.74) is -0.200. The minimum absolute atomic E-state index is 0.132. The van der Waals surface area contributed by atoms with Crippen molar-refractivity contribution in [2.24, 2.45) is 0 Å². The molecule has 0 bridgehead atoms. The first kappa shape index (κ1) is 13.3. The van der Waals surface area contributed by atoms with Crippen molar-refractivity contribution in [1.82, 2.24) is 15.5 Å². The van der Waals surface area contributed by atoms with Gasteiger partial charge in [0.2, 0.25) is 0 Å². The Balaban J connectivity index is 2.09. The molecule has 1 atom stereocenters. The van der Waals surface area contributed by atoms with Crippen LogP contribution in [0.15, 0.2) is 0 Å². The summed E-state index contributed by atoms with van der Waals surface area (Å²) in [7, 11) is 0. The molecule has 16 heavy (non-hydrogen) atoms. The number of nitrogens with one attached hydrogen (secondary N) is 2. The molecular weight excluding hydrogens is 206 g/mol. The number of carbonyl (C=O) groups excluding carboxylic acids is 1. The molecule has 1 saturated heterocycles. The van der Waals surface area contributed by atoms with Crippen LogP contribution < -0.4 is 10.6 Å². The van der Waals surface area contributed by atoms with Gasteiger partial charge in [0.1, 0.15) is 0 Å². The van der Waals surface area contributed by atoms with Crippen molar-refractivity contribution >= 4 is 6.03 Å². The minimum Gasteiger partial charge on any atom is -0.392 e. The number of likely N-dealkylation sites (tertiary alicyclic amines) is 1. The molecule has 2 amide bonds. The Morgan fingerprint density at radius 1 is 1.50 bits per heavy atom. The predicted molar refractivity (Wildman–Crippen MR) is 63.4 cm³/mol. The summed E-state index contributed by atoms with van der Waals surface area (Å²) in [6.45, 7) is 8.91. The molecule has 5 nitrogen and oxygen atoms in total. The van der Waals surface area contributed by atoms with E-state index in [1.807, 2.05) is 20.8 Å². The topological polar surface area (TPSA) is 64.6 Å². The van der Waals surface area contributed by atoms with Crippen molar-refractivity contribution in [3.05, 3.63) is 0 Å². The van der Waals surface area contributed by atoms with Crippen molar-refractivity contribution < 1.29 is 9.90 Å². The quantitative estimate of drug-likeness (QED) is 0.645. The molecule has 0 unspecified atom stereocenters. The number of aliphatic hydroxyl groups is 1. The minimum atomic E-state index is -0.200. The van der Waals surface area contributed by atoms with Crippen molar-refractivity contribution in [2.45, 2.75) is 38.8 Å². The van der Waals surface area contributed by atoms with Crippen molar-refractivity contribution in [3.63, 3.8) is 0 Å². The Morgan fingerprint density at radius 2 is 2.19 bits per heavy atom. The van der Waals surface area contributed by atoms with Crippen molar-refractivity contribution in [2.75, 3.05) is 26.2 Å². The molecule has 94 valence electrons. The van der Waals surface area contributed by atoms with Crippen LogP contribution in [-0.2, 0) is 0 Å². The highest BCUT2D eigenvalue weighted by Gasteiger charge is 2.19. The highest BCUT2D eigenvalue weighted by atomic mass is 16.3. The van der Waals surface area contributed by atoms with Crippen LogP contribution in [0.5, 0.6) is 0 Å². The molecular formula is C11H23N3O2. The van der Waals surface area contributed by atoms with Gasteiger partial charge in [0.15, 0.2) is 0 Å². The molecule has 5 heteroatoms. The van der Waals surface area contributed by atoms with Crippen molar-refractivity contribution in [3.8, 4) is 0 Å². The van der Waals surface area contributed by atoms with Gasteiger partial charge in [-0.2, -0.15) is 0 Å². The van der Waals surface area contributed by atoms with Gasteiger partial charge in [-0.15, -0.1) is 0 Å². The Hall–Kier alpha value is -0.810. The lowest BCUT2D eigenvalue weighted by molar-refractivity contribution is 0.176. The largest absolute Gasteiger partial charge is 0.392 e. The molecule has 0 saturated carbocycles. The Bertz CT molecular complexity index is 238. The molecule has 3 N–H and O–H groups in total. The first-order valence-corrected chi connectivity index (χ1v) is 5.83. The molecule has 0 spiro atoms. The molecule has 1 rings (SSSR count). The average Bonchev–Trinajstić information content (AvgIpc) is 2.48. The first-order valence-electron chi connectivity index (χ1n) is 5.83. The zero-order valence-electron chi connectivity index (χ0n) is 10.4. The van der Waals surface area contributed by atoms with E-state index in [2.05, 4.69) is 15.5 Å². The number of carbonyl (C=O) groups is 1. The predicted octanol–water partition coefficient (Wildman–Crippen LogP) is 0.151. The lowest BCUT2D eigenvalue weighted by Crippen LogP contribution is -2.47. The summed E-state index contributed by atoms with van der Waals surface area (Å²) in [6, 6.07) is -0.132. The van der Waals surface area contributed by atoms with E-state index in [-0.39, 0.29) is 17.7 Å². The Labute approximate surface area is 97.2 Å². The maximum atomic E-state index is 11.4. The molecule has 1 fully saturated rings. The van der Waals surface area contributed by atoms with Gasteiger partial charge in [0.05, 0.1) is 6.10 Å². The normalized spacial score (nSPS) is 22.1. The standard InChI is InChI=1S/C11H23N3O2/c1-11(2,3)13-10(16)12-5-7-14-6-4-9(15)8-14/h9,15H,4-8H2,1-3H3,(H2,12,13,16)/t9-/m0/s1. The fourth-order valence-electron chi connectivity index (χ4n) is 1.73. The maximum absolute atomic E-state index is 11.4. The third-order valence-corrected chi connectivity index (χ3v) is 2.45. The summed E-state index contributed by atoms with van der Waals surface area (Å²) < 4.78 is 0. The first-order chi connectivity index (χ1) is 7.37. The van der Waals surface area contributed by atoms with Gasteiger partial charge in [-0.1, -0.05) is 0 Å². The van der Waals surface area contributed by atoms with E-state index in [4.69, 9.17) is 0 Å². The van der Waals surface area contributed by atoms with E-state index in [0.717, 1.165) is 26.1 Å². The molecule has 0 radical (unpaired) electrons. The van der Waals surface area contributed by atoms with E-state index in [1.54, 1.807) is 0 Å². The monoisotopic (exact) mass is 229 g/mol. The van der Waals surface area contributed by atoms with Gasteiger partial charge in [0, 0.05) is 31.7 Å². The van der Waals surface area contributed by atoms with Crippen LogP contribution in [0, 0.1) is 0 Å². The summed E-state index contributed by atoms with van der Waals surface area (Å²) in [4.78, 5) is 13.6. The SMILES string of the molecule is CC(C)(C)NC(=O)NCCN1CC[C@H](O)C1. The zero-order chi connectivity index (χ0) is 12.2. The smallest absolute Gasteiger partial charge is 0.315 e. The molecule has 0 aromatic heterocycles. The van der Waals surface area contributed by atoms with Gasteiger partial charge < -0.3 is 15.7 Å². The summed E-state index contributed by atoms with van der Waals surface area (Å²) in [5, 5.41) is 15.0. The van der Waals surface area contributed by atoms with Crippen LogP contribution in [0.1, 0.15) is 27.2 Å². The summed E-state index contributed by atoms with van der Waals surface area (Å²) >= 11 is 0. The molecule has 0 aliphatic carbocycles. The number of nitrogens with zero attached hydrogens (tertiary/aromatic N) is 1. The highest BCUT2D eigenvalue weighted by molar-refractivity contribution is 5.74. The van der Waals surface area contributed by atoms with Crippen LogP contribution in [-0.4, -0.2) is 53.9 Å². The van der Waals surface area contributed by atoms with E-state index >= 15 is 0 Å². The second kappa shape index (κ2) is 5.50. The number of rotatable bonds is 3. The Morgan fingerprint density at radius 3 is 2.69 bits per heavy atom. The molecule has 0 aromatic carbocycles. The van der Waals surface area contributed by atoms with Crippen LogP contribution in [0.3, 0.4) is 0 Å². The van der Waals surface area contributed by atoms with Gasteiger partial charge in [-0.25, -0.2) is 4.79 Å². The number of urea groups is 1. The molecule has 1 heterocycles. The van der Waals surface area contributed by atoms with Crippen LogP contribution >= 0.6 is 0 Å². The number of β-amino-alcohol motifs (C(OH)–C–C–N with tert-alkyl or cyclic N) is 1. The van der Waals surface area contributed by atoms with E-state index in [9.17, 15) is 9.90 Å². The van der Waals surface area contributed by atoms with Crippen molar-refractivity contribution in [1.29, 1.82) is 0 Å². The lowest BCUT2D eigenvalue weighted by Gasteiger charge is -2.21. The van der Waals surface area contributed by atoms with Gasteiger partial charge in [-0.05, 0) is 27.2 Å². The Kier molecular flexibility index (Phi) is 4.56. The molecule has 1 aliphatic rings. The zero-order valence-corrected chi connectivity index (χ0v) is 10.4. The number of hydrogen-bond donors (Lipinski definition) is 3. The maximum Gasteiger partial charge on any atom is 0.315 e. The number of aliphatic hydroxyl groups excluding tert-OH is 1. The molecule has 0 aromatic rings. The van der Waals surface area contributed by atoms with Crippen LogP contribution in [0.2, 0.25) is 0 Å². The fourth-order valence-corrected chi connectivity index (χ4v) is 1.73. The van der Waals surface area contributed by atoms with Gasteiger partial charge in [0.25, 0.3) is 0 Å². The average molecular weight is 229 g/mol. The van der Waals surface area contributed by atoms with E-state index in [1.165, 1.54) is 0 Å². The number of amides is 2. The van der Waals surface area contributed by atoms with Crippen LogP contribution in [0.4, 0.5) is 4.79 Å². The molecule has 1 aliphatic heterocycles. The van der Waals surface area contributed by atoms with Crippen LogP contribution in [0.25, 0.3) is 0 Å². The van der Waals surface area contributed by atoms with E-state index in [0.29, 0.717) is 6.54 Å². The highest BCUT2D eigenvalue weighted by Crippen LogP contribution is 2.06.